The van der Waals surface area contributed by atoms with Crippen molar-refractivity contribution in [2.24, 2.45) is 0 Å². The highest BCUT2D eigenvalue weighted by Gasteiger charge is 2.17. The van der Waals surface area contributed by atoms with Gasteiger partial charge in [0.25, 0.3) is 0 Å². The van der Waals surface area contributed by atoms with Crippen LogP contribution < -0.4 is 0 Å². The molecule has 0 saturated heterocycles. The first-order chi connectivity index (χ1) is 18.9. The SMILES string of the molecule is c1ccc(-n2c3ccccc3c3cc(-c4ccc(-n5ccc6ccccc65)cc4)c4ccccc4c32)cc1. The zero-order chi connectivity index (χ0) is 25.1. The predicted molar refractivity (Wildman–Crippen MR) is 161 cm³/mol. The molecule has 8 aromatic rings. The Hall–Kier alpha value is -5.08. The molecule has 0 atom stereocenters. The van der Waals surface area contributed by atoms with Gasteiger partial charge >= 0.3 is 0 Å². The third kappa shape index (κ3) is 3.07. The Labute approximate surface area is 220 Å². The minimum absolute atomic E-state index is 1.17. The normalized spacial score (nSPS) is 11.7. The molecule has 2 nitrogen and oxygen atoms in total. The van der Waals surface area contributed by atoms with Gasteiger partial charge in [-0.2, -0.15) is 0 Å². The van der Waals surface area contributed by atoms with Crippen LogP contribution >= 0.6 is 0 Å². The quantitative estimate of drug-likeness (QED) is 0.236. The zero-order valence-electron chi connectivity index (χ0n) is 20.8. The van der Waals surface area contributed by atoms with Crippen molar-refractivity contribution in [1.29, 1.82) is 0 Å². The maximum atomic E-state index is 2.41. The number of nitrogens with zero attached hydrogens (tertiary/aromatic N) is 2. The highest BCUT2D eigenvalue weighted by molar-refractivity contribution is 6.22. The van der Waals surface area contributed by atoms with Crippen LogP contribution in [0.5, 0.6) is 0 Å². The first-order valence-corrected chi connectivity index (χ1v) is 13.0. The molecule has 2 heterocycles. The number of fused-ring (bicyclic) bond motifs is 6. The molecule has 0 aliphatic heterocycles. The number of para-hydroxylation sites is 3. The summed E-state index contributed by atoms with van der Waals surface area (Å²) in [6, 6.07) is 50.3. The molecule has 0 aliphatic rings. The van der Waals surface area contributed by atoms with E-state index in [1.165, 1.54) is 66.0 Å². The van der Waals surface area contributed by atoms with Crippen molar-refractivity contribution >= 4 is 43.5 Å². The molecule has 0 radical (unpaired) electrons. The fraction of sp³-hybridized carbons (Fsp3) is 0. The van der Waals surface area contributed by atoms with Crippen molar-refractivity contribution in [3.63, 3.8) is 0 Å². The Morgan fingerprint density at radius 2 is 1.08 bits per heavy atom. The van der Waals surface area contributed by atoms with Gasteiger partial charge in [-0.05, 0) is 70.4 Å². The average Bonchev–Trinajstić information content (AvgIpc) is 3.57. The maximum absolute atomic E-state index is 2.41. The van der Waals surface area contributed by atoms with Crippen LogP contribution in [-0.4, -0.2) is 9.13 Å². The minimum atomic E-state index is 1.17. The Morgan fingerprint density at radius 1 is 0.421 bits per heavy atom. The lowest BCUT2D eigenvalue weighted by Gasteiger charge is -2.13. The van der Waals surface area contributed by atoms with Crippen LogP contribution in [-0.2, 0) is 0 Å². The van der Waals surface area contributed by atoms with Crippen molar-refractivity contribution in [3.05, 3.63) is 146 Å². The van der Waals surface area contributed by atoms with Crippen LogP contribution in [0.2, 0.25) is 0 Å². The Balaban J connectivity index is 1.38. The van der Waals surface area contributed by atoms with Crippen LogP contribution in [0.1, 0.15) is 0 Å². The Morgan fingerprint density at radius 3 is 1.89 bits per heavy atom. The lowest BCUT2D eigenvalue weighted by atomic mass is 9.95. The van der Waals surface area contributed by atoms with E-state index in [-0.39, 0.29) is 0 Å². The summed E-state index contributed by atoms with van der Waals surface area (Å²) in [5.41, 5.74) is 8.53. The van der Waals surface area contributed by atoms with E-state index in [1.54, 1.807) is 0 Å². The number of aromatic nitrogens is 2. The van der Waals surface area contributed by atoms with Crippen LogP contribution in [0.4, 0.5) is 0 Å². The first-order valence-electron chi connectivity index (χ1n) is 13.0. The molecule has 178 valence electrons. The standard InChI is InChI=1S/C36H24N2/c1-2-11-28(12-3-1)38-35-17-9-7-14-30(35)33-24-32(29-13-5-6-15-31(29)36(33)38)25-18-20-27(21-19-25)37-23-22-26-10-4-8-16-34(26)37/h1-24H. The van der Waals surface area contributed by atoms with E-state index >= 15 is 0 Å². The average molecular weight is 485 g/mol. The van der Waals surface area contributed by atoms with Crippen LogP contribution in [0.15, 0.2) is 146 Å². The van der Waals surface area contributed by atoms with Gasteiger partial charge in [0.2, 0.25) is 0 Å². The van der Waals surface area contributed by atoms with Crippen molar-refractivity contribution in [2.75, 3.05) is 0 Å². The molecular formula is C36H24N2. The Kier molecular flexibility index (Phi) is 4.55. The smallest absolute Gasteiger partial charge is 0.0619 e. The zero-order valence-corrected chi connectivity index (χ0v) is 20.8. The molecule has 38 heavy (non-hydrogen) atoms. The van der Waals surface area contributed by atoms with E-state index in [0.717, 1.165) is 0 Å². The lowest BCUT2D eigenvalue weighted by molar-refractivity contribution is 1.13. The van der Waals surface area contributed by atoms with Gasteiger partial charge in [-0.25, -0.2) is 0 Å². The summed E-state index contributed by atoms with van der Waals surface area (Å²) in [5, 5.41) is 6.33. The minimum Gasteiger partial charge on any atom is -0.317 e. The third-order valence-electron chi connectivity index (χ3n) is 7.75. The molecule has 0 N–H and O–H groups in total. The molecule has 0 fully saturated rings. The molecule has 0 unspecified atom stereocenters. The third-order valence-corrected chi connectivity index (χ3v) is 7.75. The van der Waals surface area contributed by atoms with Crippen molar-refractivity contribution < 1.29 is 0 Å². The van der Waals surface area contributed by atoms with Crippen molar-refractivity contribution in [3.8, 4) is 22.5 Å². The summed E-state index contributed by atoms with van der Waals surface area (Å²) < 4.78 is 4.67. The summed E-state index contributed by atoms with van der Waals surface area (Å²) in [7, 11) is 0. The van der Waals surface area contributed by atoms with E-state index in [1.807, 2.05) is 0 Å². The van der Waals surface area contributed by atoms with E-state index in [9.17, 15) is 0 Å². The topological polar surface area (TPSA) is 9.86 Å². The van der Waals surface area contributed by atoms with Gasteiger partial charge in [0.05, 0.1) is 16.6 Å². The maximum Gasteiger partial charge on any atom is 0.0619 e. The van der Waals surface area contributed by atoms with Crippen LogP contribution in [0.25, 0.3) is 66.0 Å². The van der Waals surface area contributed by atoms with E-state index in [2.05, 4.69) is 155 Å². The van der Waals surface area contributed by atoms with E-state index < -0.39 is 0 Å². The number of hydrogen-bond acceptors (Lipinski definition) is 0. The predicted octanol–water partition coefficient (Wildman–Crippen LogP) is 9.55. The molecular weight excluding hydrogens is 460 g/mol. The van der Waals surface area contributed by atoms with Gasteiger partial charge in [0, 0.05) is 33.7 Å². The molecule has 0 saturated carbocycles. The molecule has 2 aromatic heterocycles. The summed E-state index contributed by atoms with van der Waals surface area (Å²) >= 11 is 0. The fourth-order valence-corrected chi connectivity index (χ4v) is 6.02. The molecule has 0 aliphatic carbocycles. The van der Waals surface area contributed by atoms with Gasteiger partial charge in [-0.1, -0.05) is 91.0 Å². The van der Waals surface area contributed by atoms with Crippen molar-refractivity contribution in [1.82, 2.24) is 9.13 Å². The van der Waals surface area contributed by atoms with E-state index in [4.69, 9.17) is 0 Å². The molecule has 0 amide bonds. The largest absolute Gasteiger partial charge is 0.317 e. The van der Waals surface area contributed by atoms with Crippen LogP contribution in [0.3, 0.4) is 0 Å². The van der Waals surface area contributed by atoms with Crippen molar-refractivity contribution in [2.45, 2.75) is 0 Å². The monoisotopic (exact) mass is 484 g/mol. The van der Waals surface area contributed by atoms with Gasteiger partial charge < -0.3 is 9.13 Å². The number of rotatable bonds is 3. The number of benzene rings is 6. The highest BCUT2D eigenvalue weighted by Crippen LogP contribution is 2.41. The highest BCUT2D eigenvalue weighted by atomic mass is 15.0. The second-order valence-electron chi connectivity index (χ2n) is 9.85. The molecule has 0 bridgehead atoms. The summed E-state index contributed by atoms with van der Waals surface area (Å²) in [5.74, 6) is 0. The lowest BCUT2D eigenvalue weighted by Crippen LogP contribution is -1.94. The second-order valence-corrected chi connectivity index (χ2v) is 9.85. The number of hydrogen-bond donors (Lipinski definition) is 0. The molecule has 6 aromatic carbocycles. The molecule has 0 spiro atoms. The summed E-state index contributed by atoms with van der Waals surface area (Å²) in [4.78, 5) is 0. The first kappa shape index (κ1) is 21.0. The van der Waals surface area contributed by atoms with E-state index in [0.29, 0.717) is 0 Å². The van der Waals surface area contributed by atoms with Crippen LogP contribution in [0, 0.1) is 0 Å². The summed E-state index contributed by atoms with van der Waals surface area (Å²) in [6.07, 6.45) is 2.15. The summed E-state index contributed by atoms with van der Waals surface area (Å²) in [6.45, 7) is 0. The fourth-order valence-electron chi connectivity index (χ4n) is 6.02. The Bertz CT molecular complexity index is 2110. The van der Waals surface area contributed by atoms with Gasteiger partial charge in [-0.15, -0.1) is 0 Å². The van der Waals surface area contributed by atoms with Gasteiger partial charge in [0.1, 0.15) is 0 Å². The molecule has 2 heteroatoms. The molecule has 8 rings (SSSR count). The van der Waals surface area contributed by atoms with Gasteiger partial charge in [0.15, 0.2) is 0 Å². The second kappa shape index (κ2) is 8.22. The van der Waals surface area contributed by atoms with Gasteiger partial charge in [-0.3, -0.25) is 0 Å².